The van der Waals surface area contributed by atoms with E-state index in [4.69, 9.17) is 4.84 Å². The number of quaternary nitrogens is 1. The Balaban J connectivity index is 0. The number of hydroxylamine groups is 3. The van der Waals surface area contributed by atoms with Crippen molar-refractivity contribution in [1.29, 1.82) is 0 Å². The van der Waals surface area contributed by atoms with Gasteiger partial charge in [0.2, 0.25) is 0 Å². The lowest BCUT2D eigenvalue weighted by atomic mass is 10.3. The summed E-state index contributed by atoms with van der Waals surface area (Å²) in [6, 6.07) is 0. The highest BCUT2D eigenvalue weighted by Gasteiger charge is 2.20. The van der Waals surface area contributed by atoms with Gasteiger partial charge in [-0.15, -0.1) is 0 Å². The molecule has 0 heterocycles. The lowest BCUT2D eigenvalue weighted by Gasteiger charge is -2.26. The van der Waals surface area contributed by atoms with Crippen molar-refractivity contribution in [1.82, 2.24) is 0 Å². The van der Waals surface area contributed by atoms with E-state index in [0.29, 0.717) is 4.65 Å². The van der Waals surface area contributed by atoms with Gasteiger partial charge in [-0.3, -0.25) is 0 Å². The second-order valence-corrected chi connectivity index (χ2v) is 2.61. The van der Waals surface area contributed by atoms with Crippen LogP contribution in [0.4, 0.5) is 17.3 Å². The molecule has 2 nitrogen and oxygen atoms in total. The molecule has 13 heavy (non-hydrogen) atoms. The molecule has 0 aromatic carbocycles. The Morgan fingerprint density at radius 2 is 1.31 bits per heavy atom. The van der Waals surface area contributed by atoms with Crippen LogP contribution in [-0.4, -0.2) is 39.1 Å². The molecular weight excluding hydrogens is 189 g/mol. The van der Waals surface area contributed by atoms with E-state index < -0.39 is 7.25 Å². The molecule has 0 fully saturated rings. The summed E-state index contributed by atoms with van der Waals surface area (Å²) in [4.78, 5) is 5.17. The molecule has 0 amide bonds. The Morgan fingerprint density at radius 1 is 1.08 bits per heavy atom. The summed E-state index contributed by atoms with van der Waals surface area (Å²) < 4.78 is 39.7. The topological polar surface area (TPSA) is 9.23 Å². The Kier molecular flexibility index (Phi) is 7.25. The predicted molar refractivity (Wildman–Crippen MR) is 44.5 cm³/mol. The van der Waals surface area contributed by atoms with Crippen LogP contribution >= 0.6 is 0 Å². The van der Waals surface area contributed by atoms with Gasteiger partial charge in [-0.05, 0) is 13.8 Å². The molecule has 0 aliphatic rings. The highest BCUT2D eigenvalue weighted by Crippen LogP contribution is 2.06. The SMILES string of the molecule is CC[N+](C)(CC)OC.F[B-](F)(F)F. The Morgan fingerprint density at radius 3 is 1.31 bits per heavy atom. The van der Waals surface area contributed by atoms with Crippen molar-refractivity contribution < 1.29 is 26.7 Å². The van der Waals surface area contributed by atoms with Gasteiger partial charge in [-0.1, -0.05) is 0 Å². The van der Waals surface area contributed by atoms with Gasteiger partial charge in [0.1, 0.15) is 13.1 Å². The van der Waals surface area contributed by atoms with E-state index in [9.17, 15) is 17.3 Å². The first-order valence-electron chi connectivity index (χ1n) is 3.96. The van der Waals surface area contributed by atoms with Gasteiger partial charge in [0, 0.05) is 0 Å². The van der Waals surface area contributed by atoms with Crippen LogP contribution in [0.3, 0.4) is 0 Å². The minimum Gasteiger partial charge on any atom is -0.418 e. The second kappa shape index (κ2) is 6.20. The fourth-order valence-electron chi connectivity index (χ4n) is 0.482. The van der Waals surface area contributed by atoms with Gasteiger partial charge >= 0.3 is 7.25 Å². The van der Waals surface area contributed by atoms with Crippen LogP contribution < -0.4 is 0 Å². The Hall–Kier alpha value is -0.295. The van der Waals surface area contributed by atoms with Crippen molar-refractivity contribution in [3.63, 3.8) is 0 Å². The maximum atomic E-state index is 9.75. The first kappa shape index (κ1) is 15.2. The molecule has 0 aromatic heterocycles. The van der Waals surface area contributed by atoms with E-state index in [1.807, 2.05) is 0 Å². The zero-order valence-electron chi connectivity index (χ0n) is 8.36. The van der Waals surface area contributed by atoms with E-state index in [0.717, 1.165) is 13.1 Å². The minimum absolute atomic E-state index is 0.708. The van der Waals surface area contributed by atoms with Crippen LogP contribution in [0.1, 0.15) is 13.8 Å². The maximum Gasteiger partial charge on any atom is 0.673 e. The van der Waals surface area contributed by atoms with Crippen LogP contribution in [-0.2, 0) is 4.84 Å². The van der Waals surface area contributed by atoms with Crippen molar-refractivity contribution in [3.8, 4) is 0 Å². The third-order valence-electron chi connectivity index (χ3n) is 1.78. The third kappa shape index (κ3) is 14.5. The molecular formula is C6H16BF4NO. The summed E-state index contributed by atoms with van der Waals surface area (Å²) in [5, 5.41) is 0. The van der Waals surface area contributed by atoms with Crippen molar-refractivity contribution in [2.24, 2.45) is 0 Å². The molecule has 0 bridgehead atoms. The van der Waals surface area contributed by atoms with Gasteiger partial charge in [0.25, 0.3) is 0 Å². The molecule has 0 aliphatic carbocycles. The molecule has 0 radical (unpaired) electrons. The lowest BCUT2D eigenvalue weighted by molar-refractivity contribution is -1.08. The van der Waals surface area contributed by atoms with Crippen LogP contribution in [0.25, 0.3) is 0 Å². The smallest absolute Gasteiger partial charge is 0.418 e. The number of halogens is 4. The number of nitrogens with zero attached hydrogens (tertiary/aromatic N) is 1. The van der Waals surface area contributed by atoms with Crippen LogP contribution in [0.5, 0.6) is 0 Å². The lowest BCUT2D eigenvalue weighted by Crippen LogP contribution is -2.42. The van der Waals surface area contributed by atoms with Gasteiger partial charge in [0.05, 0.1) is 14.2 Å². The zero-order chi connectivity index (χ0) is 11.1. The first-order valence-corrected chi connectivity index (χ1v) is 3.96. The molecule has 0 saturated carbocycles. The monoisotopic (exact) mass is 205 g/mol. The van der Waals surface area contributed by atoms with Crippen LogP contribution in [0.2, 0.25) is 0 Å². The highest BCUT2D eigenvalue weighted by molar-refractivity contribution is 6.50. The molecule has 0 saturated heterocycles. The number of hydrogen-bond acceptors (Lipinski definition) is 1. The summed E-state index contributed by atoms with van der Waals surface area (Å²) in [5.41, 5.74) is 0. The van der Waals surface area contributed by atoms with Crippen molar-refractivity contribution in [2.75, 3.05) is 27.2 Å². The summed E-state index contributed by atoms with van der Waals surface area (Å²) in [6.45, 7) is 6.31. The predicted octanol–water partition coefficient (Wildman–Crippen LogP) is 2.33. The molecule has 0 unspecified atom stereocenters. The average Bonchev–Trinajstić information content (AvgIpc) is 2.00. The summed E-state index contributed by atoms with van der Waals surface area (Å²) in [6.07, 6.45) is 0. The quantitative estimate of drug-likeness (QED) is 0.297. The number of hydrogen-bond donors (Lipinski definition) is 0. The van der Waals surface area contributed by atoms with Crippen molar-refractivity contribution in [3.05, 3.63) is 0 Å². The van der Waals surface area contributed by atoms with Crippen LogP contribution in [0, 0.1) is 0 Å². The van der Waals surface area contributed by atoms with E-state index in [1.165, 1.54) is 0 Å². The van der Waals surface area contributed by atoms with Gasteiger partial charge in [0.15, 0.2) is 0 Å². The second-order valence-electron chi connectivity index (χ2n) is 2.61. The molecule has 0 aliphatic heterocycles. The zero-order valence-corrected chi connectivity index (χ0v) is 8.36. The van der Waals surface area contributed by atoms with E-state index in [2.05, 4.69) is 20.9 Å². The molecule has 0 N–H and O–H groups in total. The fraction of sp³-hybridized carbons (Fsp3) is 1.00. The first-order chi connectivity index (χ1) is 5.68. The normalized spacial score (nSPS) is 12.0. The largest absolute Gasteiger partial charge is 0.673 e. The van der Waals surface area contributed by atoms with E-state index >= 15 is 0 Å². The molecule has 0 rings (SSSR count). The summed E-state index contributed by atoms with van der Waals surface area (Å²) in [5.74, 6) is 0. The average molecular weight is 205 g/mol. The summed E-state index contributed by atoms with van der Waals surface area (Å²) in [7, 11) is -2.19. The molecule has 0 aromatic rings. The molecule has 7 heteroatoms. The highest BCUT2D eigenvalue weighted by atomic mass is 19.5. The number of rotatable bonds is 3. The third-order valence-corrected chi connectivity index (χ3v) is 1.78. The Labute approximate surface area is 76.1 Å². The van der Waals surface area contributed by atoms with Gasteiger partial charge in [-0.2, -0.15) is 4.65 Å². The van der Waals surface area contributed by atoms with Crippen LogP contribution in [0.15, 0.2) is 0 Å². The molecule has 82 valence electrons. The van der Waals surface area contributed by atoms with Crippen molar-refractivity contribution in [2.45, 2.75) is 13.8 Å². The van der Waals surface area contributed by atoms with Gasteiger partial charge in [-0.25, -0.2) is 4.84 Å². The van der Waals surface area contributed by atoms with E-state index in [-0.39, 0.29) is 0 Å². The fourth-order valence-corrected chi connectivity index (χ4v) is 0.482. The Bertz CT molecular complexity index is 112. The molecule has 0 atom stereocenters. The van der Waals surface area contributed by atoms with Gasteiger partial charge < -0.3 is 17.3 Å². The summed E-state index contributed by atoms with van der Waals surface area (Å²) >= 11 is 0. The minimum atomic E-state index is -6.00. The maximum absolute atomic E-state index is 9.75. The van der Waals surface area contributed by atoms with E-state index in [1.54, 1.807) is 7.11 Å². The standard InChI is InChI=1S/C6H16NO.BF4/c1-5-7(3,6-2)8-4;2-1(3,4)5/h5-6H2,1-4H3;/q+1;-1. The van der Waals surface area contributed by atoms with Crippen molar-refractivity contribution >= 4 is 7.25 Å². The molecule has 0 spiro atoms.